The molecule has 2 heterocycles. The minimum Gasteiger partial charge on any atom is -0.459 e. The van der Waals surface area contributed by atoms with Crippen molar-refractivity contribution in [3.63, 3.8) is 0 Å². The Morgan fingerprint density at radius 2 is 2.04 bits per heavy atom. The van der Waals surface area contributed by atoms with Crippen LogP contribution in [0.4, 0.5) is 14.9 Å². The van der Waals surface area contributed by atoms with Crippen LogP contribution in [0.5, 0.6) is 0 Å². The molecule has 28 heavy (non-hydrogen) atoms. The summed E-state index contributed by atoms with van der Waals surface area (Å²) < 4.78 is 19.3. The lowest BCUT2D eigenvalue weighted by molar-refractivity contribution is 0.0816. The van der Waals surface area contributed by atoms with E-state index < -0.39 is 12.1 Å². The molecule has 1 aliphatic heterocycles. The van der Waals surface area contributed by atoms with Crippen LogP contribution in [0.25, 0.3) is 11.0 Å². The van der Waals surface area contributed by atoms with Crippen LogP contribution in [0.1, 0.15) is 40.2 Å². The summed E-state index contributed by atoms with van der Waals surface area (Å²) in [4.78, 5) is 26.0. The van der Waals surface area contributed by atoms with E-state index in [-0.39, 0.29) is 11.7 Å². The molecule has 4 rings (SSSR count). The smallest absolute Gasteiger partial charge is 0.319 e. The summed E-state index contributed by atoms with van der Waals surface area (Å²) in [5.74, 6) is 0.232. The number of rotatable bonds is 3. The number of anilines is 1. The number of amides is 3. The maximum atomic E-state index is 13.5. The second kappa shape index (κ2) is 6.67. The van der Waals surface area contributed by atoms with Gasteiger partial charge in [0.15, 0.2) is 0 Å². The molecular weight excluding hydrogens is 361 g/mol. The van der Waals surface area contributed by atoms with E-state index in [1.165, 1.54) is 12.1 Å². The molecule has 1 aromatic heterocycles. The molecule has 0 bridgehead atoms. The number of benzene rings is 2. The summed E-state index contributed by atoms with van der Waals surface area (Å²) in [7, 11) is 1.74. The van der Waals surface area contributed by atoms with Gasteiger partial charge in [0, 0.05) is 35.8 Å². The van der Waals surface area contributed by atoms with Crippen LogP contribution >= 0.6 is 0 Å². The molecule has 1 atom stereocenters. The zero-order valence-electron chi connectivity index (χ0n) is 15.8. The first-order chi connectivity index (χ1) is 13.3. The van der Waals surface area contributed by atoms with Crippen molar-refractivity contribution >= 4 is 28.6 Å². The largest absolute Gasteiger partial charge is 0.459 e. The number of hydrogen-bond acceptors (Lipinski definition) is 3. The van der Waals surface area contributed by atoms with Crippen LogP contribution in [0, 0.1) is 12.7 Å². The van der Waals surface area contributed by atoms with Crippen LogP contribution in [-0.4, -0.2) is 23.9 Å². The molecule has 2 N–H and O–H groups in total. The molecule has 0 aliphatic carbocycles. The van der Waals surface area contributed by atoms with Crippen molar-refractivity contribution in [1.29, 1.82) is 0 Å². The van der Waals surface area contributed by atoms with E-state index in [1.807, 2.05) is 6.92 Å². The maximum Gasteiger partial charge on any atom is 0.319 e. The minimum atomic E-state index is -0.405. The van der Waals surface area contributed by atoms with Crippen molar-refractivity contribution < 1.29 is 18.4 Å². The van der Waals surface area contributed by atoms with Gasteiger partial charge < -0.3 is 20.0 Å². The number of hydrogen-bond donors (Lipinski definition) is 2. The zero-order valence-corrected chi connectivity index (χ0v) is 15.8. The minimum absolute atomic E-state index is 0.0172. The molecule has 144 valence electrons. The van der Waals surface area contributed by atoms with Gasteiger partial charge in [-0.15, -0.1) is 0 Å². The number of furan rings is 1. The van der Waals surface area contributed by atoms with Gasteiger partial charge in [0.1, 0.15) is 17.2 Å². The first-order valence-electron chi connectivity index (χ1n) is 8.98. The summed E-state index contributed by atoms with van der Waals surface area (Å²) in [5.41, 5.74) is 3.52. The molecule has 3 amide bonds. The van der Waals surface area contributed by atoms with E-state index in [1.54, 1.807) is 43.1 Å². The topological polar surface area (TPSA) is 74.6 Å². The van der Waals surface area contributed by atoms with E-state index in [0.29, 0.717) is 34.5 Å². The normalized spacial score (nSPS) is 14.3. The Hall–Kier alpha value is -3.35. The lowest BCUT2D eigenvalue weighted by Gasteiger charge is -2.14. The monoisotopic (exact) mass is 381 g/mol. The highest BCUT2D eigenvalue weighted by Gasteiger charge is 2.24. The highest BCUT2D eigenvalue weighted by Crippen LogP contribution is 2.30. The second-order valence-corrected chi connectivity index (χ2v) is 7.09. The van der Waals surface area contributed by atoms with Crippen molar-refractivity contribution in [2.45, 2.75) is 26.4 Å². The lowest BCUT2D eigenvalue weighted by Crippen LogP contribution is -2.31. The highest BCUT2D eigenvalue weighted by molar-refractivity contribution is 5.99. The van der Waals surface area contributed by atoms with Crippen molar-refractivity contribution in [2.75, 3.05) is 12.4 Å². The number of fused-ring (bicyclic) bond motifs is 2. The SMILES string of the molecule is Cc1c(C(C)NC(=O)Nc2ccc3c(c2)CN(C)C3=O)oc2ccc(F)cc12. The second-order valence-electron chi connectivity index (χ2n) is 7.09. The Bertz CT molecular complexity index is 1110. The van der Waals surface area contributed by atoms with Gasteiger partial charge in [-0.25, -0.2) is 9.18 Å². The molecule has 2 aromatic carbocycles. The molecule has 6 nitrogen and oxygen atoms in total. The third kappa shape index (κ3) is 3.09. The summed E-state index contributed by atoms with van der Waals surface area (Å²) in [6.45, 7) is 4.16. The van der Waals surface area contributed by atoms with Crippen LogP contribution < -0.4 is 10.6 Å². The number of carbonyl (C=O) groups is 2. The molecule has 7 heteroatoms. The predicted molar refractivity (Wildman–Crippen MR) is 104 cm³/mol. The Kier molecular flexibility index (Phi) is 4.30. The molecule has 0 fully saturated rings. The summed E-state index contributed by atoms with van der Waals surface area (Å²) in [6.07, 6.45) is 0. The van der Waals surface area contributed by atoms with Gasteiger partial charge >= 0.3 is 6.03 Å². The van der Waals surface area contributed by atoms with Gasteiger partial charge in [0.2, 0.25) is 0 Å². The Balaban J connectivity index is 1.48. The van der Waals surface area contributed by atoms with Gasteiger partial charge in [0.05, 0.1) is 6.04 Å². The van der Waals surface area contributed by atoms with Gasteiger partial charge in [0.25, 0.3) is 5.91 Å². The van der Waals surface area contributed by atoms with Crippen LogP contribution in [-0.2, 0) is 6.54 Å². The van der Waals surface area contributed by atoms with Gasteiger partial charge in [-0.05, 0) is 55.8 Å². The molecule has 0 saturated heterocycles. The fourth-order valence-electron chi connectivity index (χ4n) is 3.60. The molecule has 0 radical (unpaired) electrons. The molecular formula is C21H20FN3O3. The molecule has 3 aromatic rings. The first kappa shape index (κ1) is 18.0. The molecule has 0 saturated carbocycles. The third-order valence-corrected chi connectivity index (χ3v) is 5.02. The number of urea groups is 1. The van der Waals surface area contributed by atoms with Crippen LogP contribution in [0.2, 0.25) is 0 Å². The predicted octanol–water partition coefficient (Wildman–Crippen LogP) is 4.35. The lowest BCUT2D eigenvalue weighted by atomic mass is 10.1. The molecule has 1 aliphatic rings. The first-order valence-corrected chi connectivity index (χ1v) is 8.98. The Labute approximate surface area is 161 Å². The van der Waals surface area contributed by atoms with E-state index in [0.717, 1.165) is 11.1 Å². The van der Waals surface area contributed by atoms with Gasteiger partial charge in [-0.1, -0.05) is 0 Å². The van der Waals surface area contributed by atoms with Gasteiger partial charge in [-0.2, -0.15) is 0 Å². The third-order valence-electron chi connectivity index (χ3n) is 5.02. The highest BCUT2D eigenvalue weighted by atomic mass is 19.1. The fourth-order valence-corrected chi connectivity index (χ4v) is 3.60. The van der Waals surface area contributed by atoms with Gasteiger partial charge in [-0.3, -0.25) is 4.79 Å². The van der Waals surface area contributed by atoms with Crippen molar-refractivity contribution in [3.8, 4) is 0 Å². The van der Waals surface area contributed by atoms with Crippen LogP contribution in [0.3, 0.4) is 0 Å². The average molecular weight is 381 g/mol. The average Bonchev–Trinajstić information content (AvgIpc) is 3.11. The quantitative estimate of drug-likeness (QED) is 0.708. The molecule has 1 unspecified atom stereocenters. The standard InChI is InChI=1S/C21H20FN3O3/c1-11-17-9-14(22)4-7-18(17)28-19(11)12(2)23-21(27)24-15-5-6-16-13(8-15)10-25(3)20(16)26/h4-9,12H,10H2,1-3H3,(H2,23,24,27). The van der Waals surface area contributed by atoms with Crippen molar-refractivity contribution in [1.82, 2.24) is 10.2 Å². The van der Waals surface area contributed by atoms with E-state index >= 15 is 0 Å². The van der Waals surface area contributed by atoms with Crippen molar-refractivity contribution in [2.24, 2.45) is 0 Å². The zero-order chi connectivity index (χ0) is 20.0. The number of nitrogens with zero attached hydrogens (tertiary/aromatic N) is 1. The summed E-state index contributed by atoms with van der Waals surface area (Å²) >= 11 is 0. The van der Waals surface area contributed by atoms with E-state index in [2.05, 4.69) is 10.6 Å². The summed E-state index contributed by atoms with van der Waals surface area (Å²) in [5, 5.41) is 6.31. The van der Waals surface area contributed by atoms with Crippen molar-refractivity contribution in [3.05, 3.63) is 64.7 Å². The summed E-state index contributed by atoms with van der Waals surface area (Å²) in [6, 6.07) is 8.78. The van der Waals surface area contributed by atoms with Crippen LogP contribution in [0.15, 0.2) is 40.8 Å². The molecule has 0 spiro atoms. The van der Waals surface area contributed by atoms with E-state index in [4.69, 9.17) is 4.42 Å². The number of nitrogens with one attached hydrogen (secondary N) is 2. The fraction of sp³-hybridized carbons (Fsp3) is 0.238. The Morgan fingerprint density at radius 3 is 2.82 bits per heavy atom. The Morgan fingerprint density at radius 1 is 1.25 bits per heavy atom. The van der Waals surface area contributed by atoms with E-state index in [9.17, 15) is 14.0 Å². The number of aryl methyl sites for hydroxylation is 1. The number of carbonyl (C=O) groups excluding carboxylic acids is 2. The maximum absolute atomic E-state index is 13.5. The number of halogens is 1.